The summed E-state index contributed by atoms with van der Waals surface area (Å²) in [7, 11) is 0. The maximum absolute atomic E-state index is 5.80. The van der Waals surface area contributed by atoms with Crippen molar-refractivity contribution in [3.05, 3.63) is 23.1 Å². The van der Waals surface area contributed by atoms with Gasteiger partial charge >= 0.3 is 0 Å². The molecular weight excluding hydrogens is 274 g/mol. The Morgan fingerprint density at radius 1 is 1.29 bits per heavy atom. The molecular formula is C19H33NS. The van der Waals surface area contributed by atoms with Crippen molar-refractivity contribution in [3.63, 3.8) is 0 Å². The number of thioether (sulfide) groups is 1. The molecule has 21 heavy (non-hydrogen) atoms. The molecule has 2 N–H and O–H groups in total. The lowest BCUT2D eigenvalue weighted by Gasteiger charge is -2.33. The minimum Gasteiger partial charge on any atom is -0.330 e. The fourth-order valence-corrected chi connectivity index (χ4v) is 5.34. The molecule has 0 aromatic carbocycles. The monoisotopic (exact) mass is 307 g/mol. The van der Waals surface area contributed by atoms with Gasteiger partial charge in [0.05, 0.1) is 0 Å². The predicted octanol–water partition coefficient (Wildman–Crippen LogP) is 5.38. The Morgan fingerprint density at radius 3 is 2.71 bits per heavy atom. The molecule has 0 aromatic heterocycles. The van der Waals surface area contributed by atoms with Crippen LogP contribution >= 0.6 is 11.8 Å². The Bertz CT molecular complexity index is 355. The van der Waals surface area contributed by atoms with Crippen molar-refractivity contribution in [1.82, 2.24) is 0 Å². The summed E-state index contributed by atoms with van der Waals surface area (Å²) in [6.45, 7) is 5.56. The zero-order valence-corrected chi connectivity index (χ0v) is 14.7. The van der Waals surface area contributed by atoms with Crippen molar-refractivity contribution in [2.75, 3.05) is 12.3 Å². The van der Waals surface area contributed by atoms with Gasteiger partial charge in [0.15, 0.2) is 0 Å². The maximum atomic E-state index is 5.80. The molecule has 2 aliphatic carbocycles. The smallest absolute Gasteiger partial charge is 0.000526 e. The van der Waals surface area contributed by atoms with E-state index in [0.29, 0.717) is 11.8 Å². The highest BCUT2D eigenvalue weighted by molar-refractivity contribution is 8.03. The van der Waals surface area contributed by atoms with Crippen molar-refractivity contribution in [1.29, 1.82) is 0 Å². The first-order valence-electron chi connectivity index (χ1n) is 8.97. The normalized spacial score (nSPS) is 28.4. The van der Waals surface area contributed by atoms with Gasteiger partial charge in [-0.15, -0.1) is 11.8 Å². The molecule has 1 saturated carbocycles. The van der Waals surface area contributed by atoms with Crippen LogP contribution in [0.3, 0.4) is 0 Å². The SMILES string of the molecule is CCC(CCN)C1C=CC=C(SCC2CCCCC2)C1C. The van der Waals surface area contributed by atoms with Crippen LogP contribution < -0.4 is 5.73 Å². The van der Waals surface area contributed by atoms with Gasteiger partial charge in [-0.05, 0) is 54.4 Å². The number of rotatable bonds is 7. The fourth-order valence-electron chi connectivity index (χ4n) is 3.98. The largest absolute Gasteiger partial charge is 0.330 e. The Balaban J connectivity index is 1.88. The average Bonchev–Trinajstić information content (AvgIpc) is 2.53. The zero-order chi connectivity index (χ0) is 15.1. The minimum atomic E-state index is 0.681. The summed E-state index contributed by atoms with van der Waals surface area (Å²) >= 11 is 2.14. The third-order valence-corrected chi connectivity index (χ3v) is 6.92. The third kappa shape index (κ3) is 4.89. The molecule has 0 aromatic rings. The van der Waals surface area contributed by atoms with Crippen LogP contribution in [-0.4, -0.2) is 12.3 Å². The van der Waals surface area contributed by atoms with Gasteiger partial charge < -0.3 is 5.73 Å². The second-order valence-electron chi connectivity index (χ2n) is 6.88. The van der Waals surface area contributed by atoms with Gasteiger partial charge in [-0.25, -0.2) is 0 Å². The highest BCUT2D eigenvalue weighted by Crippen LogP contribution is 2.41. The Hall–Kier alpha value is -0.210. The molecule has 0 radical (unpaired) electrons. The minimum absolute atomic E-state index is 0.681. The van der Waals surface area contributed by atoms with E-state index >= 15 is 0 Å². The van der Waals surface area contributed by atoms with Crippen molar-refractivity contribution in [2.24, 2.45) is 29.4 Å². The van der Waals surface area contributed by atoms with Gasteiger partial charge in [-0.1, -0.05) is 57.8 Å². The van der Waals surface area contributed by atoms with Gasteiger partial charge in [-0.3, -0.25) is 0 Å². The summed E-state index contributed by atoms with van der Waals surface area (Å²) in [5.74, 6) is 4.43. The molecule has 3 atom stereocenters. The van der Waals surface area contributed by atoms with Crippen molar-refractivity contribution in [2.45, 2.75) is 58.8 Å². The number of nitrogens with two attached hydrogens (primary N) is 1. The lowest BCUT2D eigenvalue weighted by molar-refractivity contribution is 0.304. The van der Waals surface area contributed by atoms with E-state index in [0.717, 1.165) is 24.8 Å². The first kappa shape index (κ1) is 17.1. The van der Waals surface area contributed by atoms with E-state index in [4.69, 9.17) is 5.73 Å². The van der Waals surface area contributed by atoms with E-state index in [1.807, 2.05) is 0 Å². The van der Waals surface area contributed by atoms with E-state index in [9.17, 15) is 0 Å². The van der Waals surface area contributed by atoms with Crippen molar-refractivity contribution in [3.8, 4) is 0 Å². The second-order valence-corrected chi connectivity index (χ2v) is 7.97. The van der Waals surface area contributed by atoms with Crippen LogP contribution in [0.5, 0.6) is 0 Å². The molecule has 2 heteroatoms. The van der Waals surface area contributed by atoms with Crippen LogP contribution in [0.1, 0.15) is 58.8 Å². The van der Waals surface area contributed by atoms with Crippen LogP contribution in [0.4, 0.5) is 0 Å². The van der Waals surface area contributed by atoms with E-state index in [-0.39, 0.29) is 0 Å². The molecule has 2 rings (SSSR count). The lowest BCUT2D eigenvalue weighted by atomic mass is 9.77. The summed E-state index contributed by atoms with van der Waals surface area (Å²) < 4.78 is 0. The molecule has 0 bridgehead atoms. The van der Waals surface area contributed by atoms with Crippen LogP contribution in [-0.2, 0) is 0 Å². The first-order valence-corrected chi connectivity index (χ1v) is 9.96. The molecule has 0 amide bonds. The third-order valence-electron chi connectivity index (χ3n) is 5.44. The summed E-state index contributed by atoms with van der Waals surface area (Å²) in [5, 5.41) is 0. The Kier molecular flexibility index (Phi) is 7.39. The van der Waals surface area contributed by atoms with E-state index in [1.54, 1.807) is 4.91 Å². The zero-order valence-electron chi connectivity index (χ0n) is 13.9. The van der Waals surface area contributed by atoms with Gasteiger partial charge in [0, 0.05) is 5.75 Å². The molecule has 1 nitrogen and oxygen atoms in total. The molecule has 3 unspecified atom stereocenters. The van der Waals surface area contributed by atoms with Crippen molar-refractivity contribution >= 4 is 11.8 Å². The molecule has 120 valence electrons. The van der Waals surface area contributed by atoms with Gasteiger partial charge in [0.2, 0.25) is 0 Å². The van der Waals surface area contributed by atoms with E-state index in [2.05, 4.69) is 43.8 Å². The molecule has 0 spiro atoms. The van der Waals surface area contributed by atoms with Crippen LogP contribution in [0.15, 0.2) is 23.1 Å². The standard InChI is InChI=1S/C19H33NS/c1-3-17(12-13-20)18-10-7-11-19(15(18)2)21-14-16-8-5-4-6-9-16/h7,10-11,15-18H,3-6,8-9,12-14,20H2,1-2H3. The highest BCUT2D eigenvalue weighted by Gasteiger charge is 2.28. The molecule has 0 aliphatic heterocycles. The second kappa shape index (κ2) is 9.05. The molecule has 2 aliphatic rings. The molecule has 0 heterocycles. The van der Waals surface area contributed by atoms with Gasteiger partial charge in [0.1, 0.15) is 0 Å². The van der Waals surface area contributed by atoms with Crippen LogP contribution in [0.25, 0.3) is 0 Å². The van der Waals surface area contributed by atoms with Crippen molar-refractivity contribution < 1.29 is 0 Å². The van der Waals surface area contributed by atoms with Crippen LogP contribution in [0.2, 0.25) is 0 Å². The van der Waals surface area contributed by atoms with E-state index in [1.165, 1.54) is 44.3 Å². The average molecular weight is 308 g/mol. The summed E-state index contributed by atoms with van der Waals surface area (Å²) in [5.41, 5.74) is 5.80. The molecule has 1 fully saturated rings. The van der Waals surface area contributed by atoms with Gasteiger partial charge in [-0.2, -0.15) is 0 Å². The molecule has 0 saturated heterocycles. The topological polar surface area (TPSA) is 26.0 Å². The Morgan fingerprint density at radius 2 is 2.05 bits per heavy atom. The fraction of sp³-hybridized carbons (Fsp3) is 0.789. The number of hydrogen-bond donors (Lipinski definition) is 1. The summed E-state index contributed by atoms with van der Waals surface area (Å²) in [6, 6.07) is 0. The Labute approximate surface area is 135 Å². The predicted molar refractivity (Wildman–Crippen MR) is 96.4 cm³/mol. The number of hydrogen-bond acceptors (Lipinski definition) is 2. The van der Waals surface area contributed by atoms with Crippen LogP contribution in [0, 0.1) is 23.7 Å². The lowest BCUT2D eigenvalue weighted by Crippen LogP contribution is -2.24. The summed E-state index contributed by atoms with van der Waals surface area (Å²) in [6.07, 6.45) is 16.8. The summed E-state index contributed by atoms with van der Waals surface area (Å²) in [4.78, 5) is 1.61. The maximum Gasteiger partial charge on any atom is 0.000526 e. The number of allylic oxidation sites excluding steroid dienone is 4. The van der Waals surface area contributed by atoms with E-state index < -0.39 is 0 Å². The highest BCUT2D eigenvalue weighted by atomic mass is 32.2. The first-order chi connectivity index (χ1) is 10.3. The van der Waals surface area contributed by atoms with Gasteiger partial charge in [0.25, 0.3) is 0 Å². The quantitative estimate of drug-likeness (QED) is 0.683.